The molecule has 0 aliphatic rings. The Labute approximate surface area is 164 Å². The average Bonchev–Trinajstić information content (AvgIpc) is 2.66. The number of nitro benzene ring substituents is 1. The van der Waals surface area contributed by atoms with Crippen molar-refractivity contribution in [2.75, 3.05) is 7.05 Å². The van der Waals surface area contributed by atoms with Gasteiger partial charge in [-0.05, 0) is 29.0 Å². The Balaban J connectivity index is 1.85. The van der Waals surface area contributed by atoms with Gasteiger partial charge in [-0.1, -0.05) is 35.9 Å². The van der Waals surface area contributed by atoms with Crippen LogP contribution in [0.4, 0.5) is 5.69 Å². The van der Waals surface area contributed by atoms with Gasteiger partial charge < -0.3 is 5.11 Å². The van der Waals surface area contributed by atoms with Crippen LogP contribution < -0.4 is 5.43 Å². The Kier molecular flexibility index (Phi) is 5.14. The van der Waals surface area contributed by atoms with E-state index in [-0.39, 0.29) is 27.6 Å². The second-order valence-corrected chi connectivity index (χ2v) is 6.35. The molecule has 3 rings (SSSR count). The minimum atomic E-state index is -0.801. The predicted octanol–water partition coefficient (Wildman–Crippen LogP) is 3.52. The van der Waals surface area contributed by atoms with Gasteiger partial charge in [-0.3, -0.25) is 30.1 Å². The standard InChI is InChI=1S/C19H14ClN3O5/c1-22(21-18(25)14-10-13(23(27)28)6-7-16(14)20)19(26)15-8-11-4-2-3-5-12(11)9-17(15)24/h2-10,24H,1H3,(H,21,25). The maximum Gasteiger partial charge on any atom is 0.275 e. The number of benzene rings is 3. The quantitative estimate of drug-likeness (QED) is 0.516. The minimum absolute atomic E-state index is 0.00231. The van der Waals surface area contributed by atoms with E-state index in [4.69, 9.17) is 11.6 Å². The molecule has 2 N–H and O–H groups in total. The number of carbonyl (C=O) groups is 2. The summed E-state index contributed by atoms with van der Waals surface area (Å²) in [6, 6.07) is 13.6. The molecule has 0 atom stereocenters. The van der Waals surface area contributed by atoms with Crippen LogP contribution in [0.3, 0.4) is 0 Å². The van der Waals surface area contributed by atoms with Crippen molar-refractivity contribution in [1.82, 2.24) is 10.4 Å². The summed E-state index contributed by atoms with van der Waals surface area (Å²) in [6.07, 6.45) is 0. The Bertz CT molecular complexity index is 1120. The lowest BCUT2D eigenvalue weighted by Crippen LogP contribution is -2.43. The molecule has 0 radical (unpaired) electrons. The summed E-state index contributed by atoms with van der Waals surface area (Å²) in [5.74, 6) is -1.71. The van der Waals surface area contributed by atoms with Crippen LogP contribution in [0.25, 0.3) is 10.8 Å². The Morgan fingerprint density at radius 1 is 1.07 bits per heavy atom. The molecule has 0 aliphatic heterocycles. The Hall–Kier alpha value is -3.65. The van der Waals surface area contributed by atoms with Crippen molar-refractivity contribution in [1.29, 1.82) is 0 Å². The fraction of sp³-hybridized carbons (Fsp3) is 0.0526. The number of nitrogens with one attached hydrogen (secondary N) is 1. The number of non-ortho nitro benzene ring substituents is 1. The van der Waals surface area contributed by atoms with Gasteiger partial charge in [0.15, 0.2) is 0 Å². The summed E-state index contributed by atoms with van der Waals surface area (Å²) in [5.41, 5.74) is 1.83. The van der Waals surface area contributed by atoms with Crippen molar-refractivity contribution < 1.29 is 19.6 Å². The van der Waals surface area contributed by atoms with E-state index in [1.807, 2.05) is 0 Å². The number of amides is 2. The number of aromatic hydroxyl groups is 1. The van der Waals surface area contributed by atoms with Gasteiger partial charge in [-0.25, -0.2) is 0 Å². The van der Waals surface area contributed by atoms with Crippen LogP contribution in [-0.4, -0.2) is 33.9 Å². The fourth-order valence-electron chi connectivity index (χ4n) is 2.64. The monoisotopic (exact) mass is 399 g/mol. The van der Waals surface area contributed by atoms with Gasteiger partial charge in [0, 0.05) is 19.2 Å². The van der Waals surface area contributed by atoms with Gasteiger partial charge in [0.1, 0.15) is 5.75 Å². The summed E-state index contributed by atoms with van der Waals surface area (Å²) in [4.78, 5) is 35.3. The number of rotatable bonds is 3. The number of halogens is 1. The van der Waals surface area contributed by atoms with E-state index in [0.717, 1.165) is 21.8 Å². The molecule has 3 aromatic carbocycles. The molecule has 0 spiro atoms. The van der Waals surface area contributed by atoms with E-state index < -0.39 is 16.7 Å². The summed E-state index contributed by atoms with van der Waals surface area (Å²) >= 11 is 5.94. The number of nitrogens with zero attached hydrogens (tertiary/aromatic N) is 2. The molecule has 0 saturated carbocycles. The van der Waals surface area contributed by atoms with E-state index in [9.17, 15) is 24.8 Å². The van der Waals surface area contributed by atoms with Gasteiger partial charge in [0.25, 0.3) is 17.5 Å². The number of nitro groups is 1. The van der Waals surface area contributed by atoms with Crippen molar-refractivity contribution in [3.05, 3.63) is 80.9 Å². The molecule has 0 aliphatic carbocycles. The van der Waals surface area contributed by atoms with Gasteiger partial charge in [-0.2, -0.15) is 0 Å². The van der Waals surface area contributed by atoms with Crippen LogP contribution in [-0.2, 0) is 0 Å². The normalized spacial score (nSPS) is 10.5. The zero-order valence-electron chi connectivity index (χ0n) is 14.5. The first-order valence-corrected chi connectivity index (χ1v) is 8.40. The van der Waals surface area contributed by atoms with E-state index >= 15 is 0 Å². The second kappa shape index (κ2) is 7.53. The lowest BCUT2D eigenvalue weighted by atomic mass is 10.1. The number of carbonyl (C=O) groups excluding carboxylic acids is 2. The van der Waals surface area contributed by atoms with E-state index in [1.54, 1.807) is 24.3 Å². The van der Waals surface area contributed by atoms with Crippen molar-refractivity contribution in [2.24, 2.45) is 0 Å². The summed E-state index contributed by atoms with van der Waals surface area (Å²) in [5, 5.41) is 23.4. The number of hydrogen-bond acceptors (Lipinski definition) is 5. The molecule has 8 nitrogen and oxygen atoms in total. The maximum atomic E-state index is 12.6. The molecule has 9 heteroatoms. The van der Waals surface area contributed by atoms with Crippen molar-refractivity contribution >= 4 is 39.9 Å². The molecular formula is C19H14ClN3O5. The zero-order chi connectivity index (χ0) is 20.4. The fourth-order valence-corrected chi connectivity index (χ4v) is 2.85. The molecule has 2 amide bonds. The van der Waals surface area contributed by atoms with Crippen LogP contribution in [0.5, 0.6) is 5.75 Å². The molecule has 3 aromatic rings. The number of phenols is 1. The first kappa shape index (κ1) is 19.1. The molecule has 0 aromatic heterocycles. The highest BCUT2D eigenvalue weighted by atomic mass is 35.5. The Morgan fingerprint density at radius 3 is 2.36 bits per heavy atom. The van der Waals surface area contributed by atoms with Crippen LogP contribution in [0.1, 0.15) is 20.7 Å². The molecule has 0 unspecified atom stereocenters. The third kappa shape index (κ3) is 3.72. The lowest BCUT2D eigenvalue weighted by molar-refractivity contribution is -0.384. The highest BCUT2D eigenvalue weighted by Gasteiger charge is 2.21. The number of phenolic OH excluding ortho intramolecular Hbond substituents is 1. The molecule has 28 heavy (non-hydrogen) atoms. The van der Waals surface area contributed by atoms with Crippen LogP contribution in [0, 0.1) is 10.1 Å². The van der Waals surface area contributed by atoms with E-state index in [1.165, 1.54) is 31.3 Å². The molecular weight excluding hydrogens is 386 g/mol. The van der Waals surface area contributed by atoms with Gasteiger partial charge in [0.2, 0.25) is 0 Å². The summed E-state index contributed by atoms with van der Waals surface area (Å²) in [7, 11) is 1.29. The van der Waals surface area contributed by atoms with Crippen molar-refractivity contribution in [3.8, 4) is 5.75 Å². The van der Waals surface area contributed by atoms with Crippen molar-refractivity contribution in [2.45, 2.75) is 0 Å². The third-order valence-electron chi connectivity index (χ3n) is 4.07. The van der Waals surface area contributed by atoms with Crippen LogP contribution >= 0.6 is 11.6 Å². The highest BCUT2D eigenvalue weighted by Crippen LogP contribution is 2.26. The zero-order valence-corrected chi connectivity index (χ0v) is 15.3. The molecule has 0 saturated heterocycles. The number of hydrogen-bond donors (Lipinski definition) is 2. The van der Waals surface area contributed by atoms with Gasteiger partial charge in [0.05, 0.1) is 21.1 Å². The summed E-state index contributed by atoms with van der Waals surface area (Å²) < 4.78 is 0. The molecule has 0 bridgehead atoms. The molecule has 0 heterocycles. The summed E-state index contributed by atoms with van der Waals surface area (Å²) in [6.45, 7) is 0. The molecule has 0 fully saturated rings. The smallest absolute Gasteiger partial charge is 0.275 e. The largest absolute Gasteiger partial charge is 0.507 e. The maximum absolute atomic E-state index is 12.6. The predicted molar refractivity (Wildman–Crippen MR) is 103 cm³/mol. The Morgan fingerprint density at radius 2 is 1.71 bits per heavy atom. The number of hydrazine groups is 1. The van der Waals surface area contributed by atoms with Gasteiger partial charge >= 0.3 is 0 Å². The van der Waals surface area contributed by atoms with Crippen LogP contribution in [0.2, 0.25) is 5.02 Å². The van der Waals surface area contributed by atoms with Crippen LogP contribution in [0.15, 0.2) is 54.6 Å². The SMILES string of the molecule is CN(NC(=O)c1cc([N+](=O)[O-])ccc1Cl)C(=O)c1cc2ccccc2cc1O. The average molecular weight is 400 g/mol. The minimum Gasteiger partial charge on any atom is -0.507 e. The van der Waals surface area contributed by atoms with E-state index in [2.05, 4.69) is 5.43 Å². The number of fused-ring (bicyclic) bond motifs is 1. The highest BCUT2D eigenvalue weighted by molar-refractivity contribution is 6.34. The first-order valence-electron chi connectivity index (χ1n) is 8.02. The molecule has 142 valence electrons. The topological polar surface area (TPSA) is 113 Å². The lowest BCUT2D eigenvalue weighted by Gasteiger charge is -2.19. The van der Waals surface area contributed by atoms with Crippen molar-refractivity contribution in [3.63, 3.8) is 0 Å². The first-order chi connectivity index (χ1) is 13.3. The van der Waals surface area contributed by atoms with Gasteiger partial charge in [-0.15, -0.1) is 0 Å². The second-order valence-electron chi connectivity index (χ2n) is 5.94. The third-order valence-corrected chi connectivity index (χ3v) is 4.40. The van der Waals surface area contributed by atoms with E-state index in [0.29, 0.717) is 0 Å².